The Labute approximate surface area is 163 Å². The number of nitrogens with zero attached hydrogens (tertiary/aromatic N) is 3. The summed E-state index contributed by atoms with van der Waals surface area (Å²) in [7, 11) is 0. The van der Waals surface area contributed by atoms with Gasteiger partial charge in [0.1, 0.15) is 12.4 Å². The van der Waals surface area contributed by atoms with Crippen LogP contribution in [0.15, 0.2) is 73.1 Å². The first-order valence-corrected chi connectivity index (χ1v) is 8.74. The van der Waals surface area contributed by atoms with Crippen LogP contribution < -0.4 is 5.32 Å². The number of imidazole rings is 1. The number of fused-ring (bicyclic) bond motifs is 1. The smallest absolute Gasteiger partial charge is 0.325 e. The van der Waals surface area contributed by atoms with E-state index in [0.29, 0.717) is 11.3 Å². The number of hydrogen-bond acceptors (Lipinski definition) is 3. The van der Waals surface area contributed by atoms with Gasteiger partial charge in [-0.05, 0) is 42.5 Å². The molecule has 0 atom stereocenters. The average molecular weight is 396 g/mol. The van der Waals surface area contributed by atoms with E-state index < -0.39 is 17.6 Å². The maximum atomic E-state index is 12.9. The molecule has 0 radical (unpaired) electrons. The predicted octanol–water partition coefficient (Wildman–Crippen LogP) is 4.76. The molecule has 2 aromatic carbocycles. The van der Waals surface area contributed by atoms with Crippen molar-refractivity contribution in [2.45, 2.75) is 12.7 Å². The number of aromatic nitrogens is 3. The van der Waals surface area contributed by atoms with Gasteiger partial charge in [0, 0.05) is 23.6 Å². The molecule has 0 saturated heterocycles. The van der Waals surface area contributed by atoms with Gasteiger partial charge in [-0.3, -0.25) is 9.78 Å². The van der Waals surface area contributed by atoms with Crippen molar-refractivity contribution in [3.63, 3.8) is 0 Å². The van der Waals surface area contributed by atoms with Gasteiger partial charge in [-0.25, -0.2) is 4.98 Å². The van der Waals surface area contributed by atoms with Gasteiger partial charge in [0.25, 0.3) is 0 Å². The lowest BCUT2D eigenvalue weighted by atomic mass is 10.2. The first kappa shape index (κ1) is 18.7. The third-order valence-electron chi connectivity index (χ3n) is 4.35. The summed E-state index contributed by atoms with van der Waals surface area (Å²) in [6.07, 6.45) is -1.20. The molecule has 4 rings (SSSR count). The fourth-order valence-corrected chi connectivity index (χ4v) is 3.07. The number of amides is 1. The van der Waals surface area contributed by atoms with E-state index >= 15 is 0 Å². The molecule has 0 unspecified atom stereocenters. The number of carbonyl (C=O) groups is 1. The van der Waals surface area contributed by atoms with E-state index in [1.807, 2.05) is 30.3 Å². The molecule has 0 aliphatic heterocycles. The van der Waals surface area contributed by atoms with Crippen molar-refractivity contribution < 1.29 is 18.0 Å². The summed E-state index contributed by atoms with van der Waals surface area (Å²) in [4.78, 5) is 21.3. The topological polar surface area (TPSA) is 59.8 Å². The van der Waals surface area contributed by atoms with Crippen LogP contribution in [0.2, 0.25) is 0 Å². The zero-order valence-electron chi connectivity index (χ0n) is 15.0. The normalized spacial score (nSPS) is 11.6. The van der Waals surface area contributed by atoms with Gasteiger partial charge in [-0.1, -0.05) is 18.2 Å². The van der Waals surface area contributed by atoms with Crippen molar-refractivity contribution in [3.8, 4) is 11.4 Å². The first-order valence-electron chi connectivity index (χ1n) is 8.74. The molecule has 4 aromatic rings. The molecule has 0 aliphatic rings. The zero-order valence-corrected chi connectivity index (χ0v) is 15.0. The van der Waals surface area contributed by atoms with E-state index in [1.165, 1.54) is 12.1 Å². The minimum Gasteiger partial charge on any atom is -0.325 e. The number of benzene rings is 2. The summed E-state index contributed by atoms with van der Waals surface area (Å²) in [6, 6.07) is 15.5. The summed E-state index contributed by atoms with van der Waals surface area (Å²) >= 11 is 0. The molecule has 0 saturated carbocycles. The van der Waals surface area contributed by atoms with E-state index in [0.717, 1.165) is 23.2 Å². The quantitative estimate of drug-likeness (QED) is 0.541. The van der Waals surface area contributed by atoms with E-state index in [1.54, 1.807) is 23.0 Å². The van der Waals surface area contributed by atoms with Gasteiger partial charge in [-0.15, -0.1) is 0 Å². The van der Waals surface area contributed by atoms with Crippen LogP contribution >= 0.6 is 0 Å². The van der Waals surface area contributed by atoms with E-state index in [-0.39, 0.29) is 12.2 Å². The molecule has 2 aromatic heterocycles. The van der Waals surface area contributed by atoms with Gasteiger partial charge in [0.05, 0.1) is 16.6 Å². The van der Waals surface area contributed by atoms with E-state index in [9.17, 15) is 18.0 Å². The maximum absolute atomic E-state index is 12.9. The third-order valence-corrected chi connectivity index (χ3v) is 4.35. The highest BCUT2D eigenvalue weighted by Gasteiger charge is 2.30. The summed E-state index contributed by atoms with van der Waals surface area (Å²) in [5.74, 6) is 0.0936. The Morgan fingerprint density at radius 1 is 1.03 bits per heavy atom. The van der Waals surface area contributed by atoms with Crippen molar-refractivity contribution in [1.82, 2.24) is 14.5 Å². The molecule has 8 heteroatoms. The summed E-state index contributed by atoms with van der Waals surface area (Å²) < 4.78 is 40.4. The largest absolute Gasteiger partial charge is 0.416 e. The first-order chi connectivity index (χ1) is 13.9. The number of para-hydroxylation sites is 2. The summed E-state index contributed by atoms with van der Waals surface area (Å²) in [6.45, 7) is -0.110. The van der Waals surface area contributed by atoms with Crippen LogP contribution in [0.5, 0.6) is 0 Å². The number of nitrogens with one attached hydrogen (secondary N) is 1. The number of halogens is 3. The summed E-state index contributed by atoms with van der Waals surface area (Å²) in [5.41, 5.74) is 1.44. The highest BCUT2D eigenvalue weighted by atomic mass is 19.4. The second kappa shape index (κ2) is 7.38. The van der Waals surface area contributed by atoms with Crippen molar-refractivity contribution in [2.24, 2.45) is 0 Å². The lowest BCUT2D eigenvalue weighted by Crippen LogP contribution is -2.19. The Hall–Kier alpha value is -3.68. The number of anilines is 1. The minimum atomic E-state index is -4.48. The van der Waals surface area contributed by atoms with Gasteiger partial charge in [-0.2, -0.15) is 13.2 Å². The summed E-state index contributed by atoms with van der Waals surface area (Å²) in [5, 5.41) is 2.53. The van der Waals surface area contributed by atoms with Crippen LogP contribution in [-0.4, -0.2) is 20.4 Å². The minimum absolute atomic E-state index is 0.0807. The number of carbonyl (C=O) groups excluding carboxylic acids is 1. The molecule has 5 nitrogen and oxygen atoms in total. The zero-order chi connectivity index (χ0) is 20.4. The highest BCUT2D eigenvalue weighted by molar-refractivity contribution is 5.92. The molecular weight excluding hydrogens is 381 g/mol. The highest BCUT2D eigenvalue weighted by Crippen LogP contribution is 2.31. The molecule has 0 aliphatic carbocycles. The monoisotopic (exact) mass is 396 g/mol. The average Bonchev–Trinajstić information content (AvgIpc) is 3.07. The predicted molar refractivity (Wildman–Crippen MR) is 103 cm³/mol. The number of hydrogen-bond donors (Lipinski definition) is 1. The molecule has 146 valence electrons. The molecule has 0 bridgehead atoms. The second-order valence-corrected chi connectivity index (χ2v) is 6.38. The number of rotatable bonds is 4. The SMILES string of the molecule is O=C(Cn1c(-c2cccnc2)nc2ccccc21)Nc1cccc(C(F)(F)F)c1. The molecule has 1 N–H and O–H groups in total. The number of pyridine rings is 1. The molecule has 0 fully saturated rings. The van der Waals surface area contributed by atoms with Crippen LogP contribution in [0, 0.1) is 0 Å². The van der Waals surface area contributed by atoms with Crippen LogP contribution in [0.3, 0.4) is 0 Å². The fraction of sp³-hybridized carbons (Fsp3) is 0.0952. The molecule has 2 heterocycles. The van der Waals surface area contributed by atoms with E-state index in [4.69, 9.17) is 0 Å². The maximum Gasteiger partial charge on any atom is 0.416 e. The Bertz CT molecular complexity index is 1170. The van der Waals surface area contributed by atoms with Gasteiger partial charge < -0.3 is 9.88 Å². The Morgan fingerprint density at radius 2 is 1.86 bits per heavy atom. The Kier molecular flexibility index (Phi) is 4.75. The van der Waals surface area contributed by atoms with Gasteiger partial charge >= 0.3 is 6.18 Å². The van der Waals surface area contributed by atoms with Crippen LogP contribution in [0.25, 0.3) is 22.4 Å². The molecule has 29 heavy (non-hydrogen) atoms. The Morgan fingerprint density at radius 3 is 2.62 bits per heavy atom. The van der Waals surface area contributed by atoms with Crippen molar-refractivity contribution in [1.29, 1.82) is 0 Å². The van der Waals surface area contributed by atoms with Crippen LogP contribution in [0.4, 0.5) is 18.9 Å². The van der Waals surface area contributed by atoms with Gasteiger partial charge in [0.2, 0.25) is 5.91 Å². The fourth-order valence-electron chi connectivity index (χ4n) is 3.07. The van der Waals surface area contributed by atoms with Crippen LogP contribution in [0.1, 0.15) is 5.56 Å². The van der Waals surface area contributed by atoms with Gasteiger partial charge in [0.15, 0.2) is 0 Å². The molecular formula is C21H15F3N4O. The Balaban J connectivity index is 1.65. The van der Waals surface area contributed by atoms with E-state index in [2.05, 4.69) is 15.3 Å². The second-order valence-electron chi connectivity index (χ2n) is 6.38. The number of alkyl halides is 3. The molecule has 0 spiro atoms. The molecule has 1 amide bonds. The van der Waals surface area contributed by atoms with Crippen molar-refractivity contribution >= 4 is 22.6 Å². The standard InChI is InChI=1S/C21H15F3N4O/c22-21(23,24)15-6-3-7-16(11-15)26-19(29)13-28-18-9-2-1-8-17(18)27-20(28)14-5-4-10-25-12-14/h1-12H,13H2,(H,26,29). The lowest BCUT2D eigenvalue weighted by Gasteiger charge is -2.12. The van der Waals surface area contributed by atoms with Crippen molar-refractivity contribution in [3.05, 3.63) is 78.6 Å². The van der Waals surface area contributed by atoms with Crippen LogP contribution in [-0.2, 0) is 17.5 Å². The van der Waals surface area contributed by atoms with Crippen molar-refractivity contribution in [2.75, 3.05) is 5.32 Å². The third kappa shape index (κ3) is 3.96. The lowest BCUT2D eigenvalue weighted by molar-refractivity contribution is -0.137.